The summed E-state index contributed by atoms with van der Waals surface area (Å²) >= 11 is 0. The second-order valence-electron chi connectivity index (χ2n) is 4.42. The minimum absolute atomic E-state index is 0.204. The molecule has 1 atom stereocenters. The van der Waals surface area contributed by atoms with Gasteiger partial charge in [0, 0.05) is 38.8 Å². The third-order valence-electron chi connectivity index (χ3n) is 3.25. The first-order chi connectivity index (χ1) is 8.26. The molecular weight excluding hydrogens is 218 g/mol. The van der Waals surface area contributed by atoms with E-state index in [0.717, 1.165) is 25.1 Å². The van der Waals surface area contributed by atoms with Crippen molar-refractivity contribution in [3.05, 3.63) is 29.8 Å². The highest BCUT2D eigenvalue weighted by Crippen LogP contribution is 2.22. The van der Waals surface area contributed by atoms with Crippen molar-refractivity contribution in [1.82, 2.24) is 5.32 Å². The number of para-hydroxylation sites is 1. The standard InChI is InChI=1S/C13H19NO3/c1-16-13(6-7-17-10-13)9-14-8-11-4-2-3-5-12(11)15/h2-5,14-15H,6-10H2,1H3. The molecule has 0 spiro atoms. The lowest BCUT2D eigenvalue weighted by molar-refractivity contribution is -0.0159. The Bertz CT molecular complexity index is 361. The Hall–Kier alpha value is -1.10. The van der Waals surface area contributed by atoms with Crippen LogP contribution < -0.4 is 5.32 Å². The Morgan fingerprint density at radius 3 is 2.94 bits per heavy atom. The van der Waals surface area contributed by atoms with Crippen molar-refractivity contribution >= 4 is 0 Å². The summed E-state index contributed by atoms with van der Waals surface area (Å²) in [4.78, 5) is 0. The molecule has 0 aliphatic carbocycles. The lowest BCUT2D eigenvalue weighted by Crippen LogP contribution is -2.42. The van der Waals surface area contributed by atoms with Gasteiger partial charge >= 0.3 is 0 Å². The fourth-order valence-electron chi connectivity index (χ4n) is 2.05. The normalized spacial score (nSPS) is 24.1. The van der Waals surface area contributed by atoms with E-state index in [9.17, 15) is 5.11 Å². The fourth-order valence-corrected chi connectivity index (χ4v) is 2.05. The van der Waals surface area contributed by atoms with Crippen molar-refractivity contribution in [3.8, 4) is 5.75 Å². The van der Waals surface area contributed by atoms with Crippen LogP contribution in [0.25, 0.3) is 0 Å². The molecule has 1 aliphatic rings. The van der Waals surface area contributed by atoms with Gasteiger partial charge in [-0.3, -0.25) is 0 Å². The zero-order valence-corrected chi connectivity index (χ0v) is 10.1. The summed E-state index contributed by atoms with van der Waals surface area (Å²) in [6, 6.07) is 7.34. The van der Waals surface area contributed by atoms with Crippen molar-refractivity contribution in [2.45, 2.75) is 18.6 Å². The molecule has 4 nitrogen and oxygen atoms in total. The molecule has 0 amide bonds. The molecule has 0 aromatic heterocycles. The smallest absolute Gasteiger partial charge is 0.120 e. The van der Waals surface area contributed by atoms with Gasteiger partial charge in [0.15, 0.2) is 0 Å². The van der Waals surface area contributed by atoms with Crippen molar-refractivity contribution in [2.75, 3.05) is 26.9 Å². The second-order valence-corrected chi connectivity index (χ2v) is 4.42. The Morgan fingerprint density at radius 1 is 1.47 bits per heavy atom. The van der Waals surface area contributed by atoms with E-state index in [4.69, 9.17) is 9.47 Å². The van der Waals surface area contributed by atoms with Crippen LogP contribution in [-0.2, 0) is 16.0 Å². The van der Waals surface area contributed by atoms with Gasteiger partial charge < -0.3 is 19.9 Å². The summed E-state index contributed by atoms with van der Waals surface area (Å²) in [6.07, 6.45) is 0.914. The van der Waals surface area contributed by atoms with Crippen LogP contribution in [0.1, 0.15) is 12.0 Å². The molecule has 1 heterocycles. The first-order valence-corrected chi connectivity index (χ1v) is 5.86. The highest BCUT2D eigenvalue weighted by molar-refractivity contribution is 5.31. The molecule has 0 radical (unpaired) electrons. The lowest BCUT2D eigenvalue weighted by atomic mass is 10.0. The van der Waals surface area contributed by atoms with Crippen LogP contribution in [0.15, 0.2) is 24.3 Å². The van der Waals surface area contributed by atoms with Crippen LogP contribution >= 0.6 is 0 Å². The molecule has 1 fully saturated rings. The molecule has 1 unspecified atom stereocenters. The van der Waals surface area contributed by atoms with Crippen LogP contribution in [-0.4, -0.2) is 37.6 Å². The first kappa shape index (κ1) is 12.4. The average molecular weight is 237 g/mol. The van der Waals surface area contributed by atoms with E-state index in [1.54, 1.807) is 13.2 Å². The first-order valence-electron chi connectivity index (χ1n) is 5.86. The van der Waals surface area contributed by atoms with E-state index in [0.29, 0.717) is 18.9 Å². The molecule has 94 valence electrons. The van der Waals surface area contributed by atoms with Gasteiger partial charge in [-0.1, -0.05) is 18.2 Å². The number of phenolic OH excluding ortho intramolecular Hbond substituents is 1. The van der Waals surface area contributed by atoms with Gasteiger partial charge in [0.25, 0.3) is 0 Å². The highest BCUT2D eigenvalue weighted by atomic mass is 16.5. The van der Waals surface area contributed by atoms with E-state index < -0.39 is 0 Å². The monoisotopic (exact) mass is 237 g/mol. The molecule has 1 aliphatic heterocycles. The predicted octanol–water partition coefficient (Wildman–Crippen LogP) is 1.29. The van der Waals surface area contributed by atoms with E-state index in [1.165, 1.54) is 0 Å². The predicted molar refractivity (Wildman–Crippen MR) is 65.0 cm³/mol. The maximum atomic E-state index is 9.63. The van der Waals surface area contributed by atoms with Gasteiger partial charge in [-0.2, -0.15) is 0 Å². The van der Waals surface area contributed by atoms with Gasteiger partial charge in [-0.15, -0.1) is 0 Å². The molecule has 2 rings (SSSR count). The Balaban J connectivity index is 1.85. The summed E-state index contributed by atoms with van der Waals surface area (Å²) in [5.41, 5.74) is 0.697. The average Bonchev–Trinajstić information content (AvgIpc) is 2.81. The minimum Gasteiger partial charge on any atom is -0.508 e. The van der Waals surface area contributed by atoms with Crippen molar-refractivity contribution < 1.29 is 14.6 Å². The lowest BCUT2D eigenvalue weighted by Gasteiger charge is -2.26. The molecule has 1 aromatic carbocycles. The summed E-state index contributed by atoms with van der Waals surface area (Å²) in [7, 11) is 1.72. The summed E-state index contributed by atoms with van der Waals surface area (Å²) in [6.45, 7) is 2.76. The van der Waals surface area contributed by atoms with Gasteiger partial charge in [0.1, 0.15) is 11.4 Å². The Morgan fingerprint density at radius 2 is 2.29 bits per heavy atom. The molecule has 0 bridgehead atoms. The summed E-state index contributed by atoms with van der Waals surface area (Å²) in [5.74, 6) is 0.328. The minimum atomic E-state index is -0.204. The number of hydrogen-bond donors (Lipinski definition) is 2. The Labute approximate surface area is 102 Å². The number of methoxy groups -OCH3 is 1. The van der Waals surface area contributed by atoms with E-state index in [1.807, 2.05) is 18.2 Å². The quantitative estimate of drug-likeness (QED) is 0.810. The van der Waals surface area contributed by atoms with Crippen molar-refractivity contribution in [1.29, 1.82) is 0 Å². The molecular formula is C13H19NO3. The second kappa shape index (κ2) is 5.49. The highest BCUT2D eigenvalue weighted by Gasteiger charge is 2.34. The van der Waals surface area contributed by atoms with Crippen molar-refractivity contribution in [2.24, 2.45) is 0 Å². The molecule has 2 N–H and O–H groups in total. The van der Waals surface area contributed by atoms with E-state index in [2.05, 4.69) is 5.32 Å². The zero-order valence-electron chi connectivity index (χ0n) is 10.1. The van der Waals surface area contributed by atoms with Gasteiger partial charge in [-0.05, 0) is 6.07 Å². The number of ether oxygens (including phenoxy) is 2. The van der Waals surface area contributed by atoms with Crippen LogP contribution in [0.2, 0.25) is 0 Å². The third-order valence-corrected chi connectivity index (χ3v) is 3.25. The number of hydrogen-bond acceptors (Lipinski definition) is 4. The third kappa shape index (κ3) is 2.97. The van der Waals surface area contributed by atoms with Crippen LogP contribution in [0.3, 0.4) is 0 Å². The molecule has 4 heteroatoms. The molecule has 1 saturated heterocycles. The SMILES string of the molecule is COC1(CNCc2ccccc2O)CCOC1. The van der Waals surface area contributed by atoms with Crippen LogP contribution in [0, 0.1) is 0 Å². The van der Waals surface area contributed by atoms with Gasteiger partial charge in [0.2, 0.25) is 0 Å². The number of aromatic hydroxyl groups is 1. The van der Waals surface area contributed by atoms with Gasteiger partial charge in [0.05, 0.1) is 6.61 Å². The molecule has 1 aromatic rings. The zero-order chi connectivity index (χ0) is 12.1. The number of nitrogens with one attached hydrogen (secondary N) is 1. The van der Waals surface area contributed by atoms with Crippen LogP contribution in [0.4, 0.5) is 0 Å². The number of benzene rings is 1. The molecule has 17 heavy (non-hydrogen) atoms. The Kier molecular flexibility index (Phi) is 3.99. The number of rotatable bonds is 5. The fraction of sp³-hybridized carbons (Fsp3) is 0.538. The largest absolute Gasteiger partial charge is 0.508 e. The maximum Gasteiger partial charge on any atom is 0.120 e. The van der Waals surface area contributed by atoms with E-state index >= 15 is 0 Å². The summed E-state index contributed by atoms with van der Waals surface area (Å²) < 4.78 is 10.9. The maximum absolute atomic E-state index is 9.63. The van der Waals surface area contributed by atoms with E-state index in [-0.39, 0.29) is 5.60 Å². The number of phenols is 1. The van der Waals surface area contributed by atoms with Crippen molar-refractivity contribution in [3.63, 3.8) is 0 Å². The molecule has 0 saturated carbocycles. The topological polar surface area (TPSA) is 50.7 Å². The van der Waals surface area contributed by atoms with Crippen LogP contribution in [0.5, 0.6) is 5.75 Å². The van der Waals surface area contributed by atoms with Gasteiger partial charge in [-0.25, -0.2) is 0 Å². The summed E-state index contributed by atoms with van der Waals surface area (Å²) in [5, 5.41) is 12.9.